The Labute approximate surface area is 99.9 Å². The van der Waals surface area contributed by atoms with Crippen LogP contribution in [-0.2, 0) is 4.74 Å². The lowest BCUT2D eigenvalue weighted by atomic mass is 10.0. The van der Waals surface area contributed by atoms with E-state index in [1.54, 1.807) is 13.8 Å². The van der Waals surface area contributed by atoms with Crippen molar-refractivity contribution in [3.8, 4) is 0 Å². The molecule has 0 bridgehead atoms. The average Bonchev–Trinajstić information content (AvgIpc) is 2.28. The summed E-state index contributed by atoms with van der Waals surface area (Å²) in [5.74, 6) is -0.0554. The highest BCUT2D eigenvalue weighted by Gasteiger charge is 2.22. The van der Waals surface area contributed by atoms with Gasteiger partial charge in [0.15, 0.2) is 0 Å². The molecule has 1 fully saturated rings. The van der Waals surface area contributed by atoms with Gasteiger partial charge in [-0.3, -0.25) is 0 Å². The minimum atomic E-state index is -0.966. The Hall–Kier alpha value is -1.49. The van der Waals surface area contributed by atoms with Crippen LogP contribution >= 0.6 is 0 Å². The summed E-state index contributed by atoms with van der Waals surface area (Å²) in [5.41, 5.74) is 1.28. The molecule has 2 heterocycles. The van der Waals surface area contributed by atoms with Crippen LogP contribution in [0.2, 0.25) is 0 Å². The van der Waals surface area contributed by atoms with E-state index in [4.69, 9.17) is 9.84 Å². The average molecular weight is 236 g/mol. The second-order valence-electron chi connectivity index (χ2n) is 4.35. The summed E-state index contributed by atoms with van der Waals surface area (Å²) in [5, 5.41) is 9.04. The number of nitrogens with zero attached hydrogens (tertiary/aromatic N) is 2. The summed E-state index contributed by atoms with van der Waals surface area (Å²) in [6.07, 6.45) is 2.01. The molecular formula is C12H16N2O3. The highest BCUT2D eigenvalue weighted by atomic mass is 16.5. The Morgan fingerprint density at radius 3 is 2.47 bits per heavy atom. The highest BCUT2D eigenvalue weighted by Crippen LogP contribution is 2.24. The van der Waals surface area contributed by atoms with E-state index in [9.17, 15) is 4.79 Å². The fourth-order valence-corrected chi connectivity index (χ4v) is 2.18. The molecule has 0 saturated carbocycles. The standard InChI is InChI=1S/C12H16N2O3/c1-7-10(12(15)16)8(2)14-11(13-7)9-4-3-5-17-6-9/h9H,3-6H2,1-2H3,(H,15,16). The maximum atomic E-state index is 11.0. The number of aromatic carboxylic acids is 1. The first-order chi connectivity index (χ1) is 8.09. The predicted octanol–water partition coefficient (Wildman–Crippen LogP) is 1.69. The number of rotatable bonds is 2. The van der Waals surface area contributed by atoms with Gasteiger partial charge in [0.1, 0.15) is 11.4 Å². The van der Waals surface area contributed by atoms with Crippen LogP contribution in [0.15, 0.2) is 0 Å². The number of ether oxygens (including phenoxy) is 1. The number of aryl methyl sites for hydroxylation is 2. The van der Waals surface area contributed by atoms with Crippen LogP contribution in [-0.4, -0.2) is 34.3 Å². The molecule has 1 aromatic rings. The lowest BCUT2D eigenvalue weighted by molar-refractivity contribution is 0.0693. The third kappa shape index (κ3) is 2.44. The van der Waals surface area contributed by atoms with Gasteiger partial charge in [0.2, 0.25) is 0 Å². The monoisotopic (exact) mass is 236 g/mol. The molecule has 0 aliphatic carbocycles. The largest absolute Gasteiger partial charge is 0.478 e. The number of hydrogen-bond acceptors (Lipinski definition) is 4. The van der Waals surface area contributed by atoms with E-state index in [0.717, 1.165) is 19.4 Å². The van der Waals surface area contributed by atoms with Crippen LogP contribution in [0.3, 0.4) is 0 Å². The molecule has 1 N–H and O–H groups in total. The van der Waals surface area contributed by atoms with Crippen LogP contribution in [0.4, 0.5) is 0 Å². The lowest BCUT2D eigenvalue weighted by Gasteiger charge is -2.21. The minimum absolute atomic E-state index is 0.198. The van der Waals surface area contributed by atoms with E-state index < -0.39 is 5.97 Å². The molecule has 5 heteroatoms. The van der Waals surface area contributed by atoms with Crippen molar-refractivity contribution in [3.05, 3.63) is 22.8 Å². The number of carboxylic acid groups (broad SMARTS) is 1. The Morgan fingerprint density at radius 2 is 2.00 bits per heavy atom. The van der Waals surface area contributed by atoms with Crippen molar-refractivity contribution in [2.75, 3.05) is 13.2 Å². The highest BCUT2D eigenvalue weighted by molar-refractivity contribution is 5.89. The van der Waals surface area contributed by atoms with Crippen LogP contribution in [0.5, 0.6) is 0 Å². The van der Waals surface area contributed by atoms with E-state index in [1.165, 1.54) is 0 Å². The summed E-state index contributed by atoms with van der Waals surface area (Å²) in [7, 11) is 0. The summed E-state index contributed by atoms with van der Waals surface area (Å²) in [6.45, 7) is 4.85. The molecule has 0 spiro atoms. The molecular weight excluding hydrogens is 220 g/mol. The predicted molar refractivity (Wildman–Crippen MR) is 61.3 cm³/mol. The molecule has 0 radical (unpaired) electrons. The van der Waals surface area contributed by atoms with Crippen LogP contribution in [0, 0.1) is 13.8 Å². The number of carboxylic acids is 1. The normalized spacial score (nSPS) is 20.2. The fourth-order valence-electron chi connectivity index (χ4n) is 2.18. The van der Waals surface area contributed by atoms with E-state index >= 15 is 0 Å². The molecule has 1 aromatic heterocycles. The van der Waals surface area contributed by atoms with Gasteiger partial charge in [-0.05, 0) is 26.7 Å². The molecule has 0 amide bonds. The second-order valence-corrected chi connectivity index (χ2v) is 4.35. The molecule has 1 atom stereocenters. The van der Waals surface area contributed by atoms with Gasteiger partial charge in [-0.2, -0.15) is 0 Å². The lowest BCUT2D eigenvalue weighted by Crippen LogP contribution is -2.20. The van der Waals surface area contributed by atoms with Crippen molar-refractivity contribution >= 4 is 5.97 Å². The zero-order valence-electron chi connectivity index (χ0n) is 10.1. The van der Waals surface area contributed by atoms with E-state index in [2.05, 4.69) is 9.97 Å². The first-order valence-corrected chi connectivity index (χ1v) is 5.75. The molecule has 1 aliphatic rings. The van der Waals surface area contributed by atoms with Crippen molar-refractivity contribution < 1.29 is 14.6 Å². The van der Waals surface area contributed by atoms with Crippen molar-refractivity contribution in [1.82, 2.24) is 9.97 Å². The van der Waals surface area contributed by atoms with E-state index in [1.807, 2.05) is 0 Å². The number of hydrogen-bond donors (Lipinski definition) is 1. The Kier molecular flexibility index (Phi) is 3.38. The molecule has 92 valence electrons. The van der Waals surface area contributed by atoms with Crippen molar-refractivity contribution in [2.24, 2.45) is 0 Å². The van der Waals surface area contributed by atoms with Gasteiger partial charge in [-0.1, -0.05) is 0 Å². The second kappa shape index (κ2) is 4.79. The molecule has 5 nitrogen and oxygen atoms in total. The zero-order valence-corrected chi connectivity index (χ0v) is 10.1. The topological polar surface area (TPSA) is 72.3 Å². The van der Waals surface area contributed by atoms with E-state index in [0.29, 0.717) is 23.8 Å². The van der Waals surface area contributed by atoms with Crippen molar-refractivity contribution in [3.63, 3.8) is 0 Å². The summed E-state index contributed by atoms with van der Waals surface area (Å²) < 4.78 is 5.40. The van der Waals surface area contributed by atoms with Crippen LogP contribution < -0.4 is 0 Å². The first-order valence-electron chi connectivity index (χ1n) is 5.75. The van der Waals surface area contributed by atoms with Gasteiger partial charge in [0.25, 0.3) is 0 Å². The zero-order chi connectivity index (χ0) is 12.4. The molecule has 1 saturated heterocycles. The Balaban J connectivity index is 2.34. The SMILES string of the molecule is Cc1nc(C2CCCOC2)nc(C)c1C(=O)O. The van der Waals surface area contributed by atoms with Crippen molar-refractivity contribution in [1.29, 1.82) is 0 Å². The van der Waals surface area contributed by atoms with Gasteiger partial charge < -0.3 is 9.84 Å². The van der Waals surface area contributed by atoms with E-state index in [-0.39, 0.29) is 11.5 Å². The van der Waals surface area contributed by atoms with Crippen molar-refractivity contribution in [2.45, 2.75) is 32.6 Å². The quantitative estimate of drug-likeness (QED) is 0.845. The summed E-state index contributed by atoms with van der Waals surface area (Å²) in [4.78, 5) is 19.6. The number of aromatic nitrogens is 2. The number of carbonyl (C=O) groups is 1. The molecule has 1 aliphatic heterocycles. The van der Waals surface area contributed by atoms with Gasteiger partial charge >= 0.3 is 5.97 Å². The smallest absolute Gasteiger partial charge is 0.339 e. The molecule has 2 rings (SSSR count). The Bertz CT molecular complexity index is 416. The first kappa shape index (κ1) is 12.0. The van der Waals surface area contributed by atoms with Gasteiger partial charge in [-0.25, -0.2) is 14.8 Å². The van der Waals surface area contributed by atoms with Gasteiger partial charge in [0, 0.05) is 12.5 Å². The third-order valence-corrected chi connectivity index (χ3v) is 3.03. The van der Waals surface area contributed by atoms with Gasteiger partial charge in [-0.15, -0.1) is 0 Å². The molecule has 1 unspecified atom stereocenters. The van der Waals surface area contributed by atoms with Crippen LogP contribution in [0.1, 0.15) is 46.3 Å². The summed E-state index contributed by atoms with van der Waals surface area (Å²) >= 11 is 0. The summed E-state index contributed by atoms with van der Waals surface area (Å²) in [6, 6.07) is 0. The van der Waals surface area contributed by atoms with Gasteiger partial charge in [0.05, 0.1) is 18.0 Å². The minimum Gasteiger partial charge on any atom is -0.478 e. The third-order valence-electron chi connectivity index (χ3n) is 3.03. The molecule has 17 heavy (non-hydrogen) atoms. The van der Waals surface area contributed by atoms with Crippen LogP contribution in [0.25, 0.3) is 0 Å². The molecule has 0 aromatic carbocycles. The fraction of sp³-hybridized carbons (Fsp3) is 0.583. The maximum absolute atomic E-state index is 11.0. The Morgan fingerprint density at radius 1 is 1.35 bits per heavy atom. The maximum Gasteiger partial charge on any atom is 0.339 e.